The highest BCUT2D eigenvalue weighted by atomic mass is 79.9. The Morgan fingerprint density at radius 1 is 1.28 bits per heavy atom. The Bertz CT molecular complexity index is 846. The summed E-state index contributed by atoms with van der Waals surface area (Å²) in [6.07, 6.45) is 0. The van der Waals surface area contributed by atoms with Crippen molar-refractivity contribution in [2.45, 2.75) is 12.1 Å². The number of thioether (sulfide) groups is 1. The predicted molar refractivity (Wildman–Crippen MR) is 107 cm³/mol. The molecule has 0 aliphatic carbocycles. The van der Waals surface area contributed by atoms with Gasteiger partial charge in [0.15, 0.2) is 11.0 Å². The molecule has 130 valence electrons. The molecule has 8 heteroatoms. The van der Waals surface area contributed by atoms with Crippen LogP contribution in [0, 0.1) is 0 Å². The topological polar surface area (TPSA) is 51.0 Å². The highest BCUT2D eigenvalue weighted by Crippen LogP contribution is 2.26. The molecule has 1 amide bonds. The van der Waals surface area contributed by atoms with E-state index in [2.05, 4.69) is 26.1 Å². The molecule has 1 aromatic carbocycles. The minimum atomic E-state index is 0.0514. The lowest BCUT2D eigenvalue weighted by molar-refractivity contribution is -0.116. The SMILES string of the molecule is CCN(C(=O)CSc1nnc(-c2cccs2)n1C)c1ccc(Br)cc1. The van der Waals surface area contributed by atoms with Gasteiger partial charge < -0.3 is 9.47 Å². The van der Waals surface area contributed by atoms with E-state index in [0.717, 1.165) is 26.0 Å². The number of rotatable bonds is 6. The number of hydrogen-bond acceptors (Lipinski definition) is 5. The summed E-state index contributed by atoms with van der Waals surface area (Å²) in [6.45, 7) is 2.60. The molecule has 2 aromatic heterocycles. The summed E-state index contributed by atoms with van der Waals surface area (Å²) in [5.74, 6) is 1.20. The lowest BCUT2D eigenvalue weighted by Gasteiger charge is -2.20. The van der Waals surface area contributed by atoms with Crippen LogP contribution in [-0.4, -0.2) is 33.0 Å². The first kappa shape index (κ1) is 18.2. The largest absolute Gasteiger partial charge is 0.312 e. The molecule has 0 fully saturated rings. The van der Waals surface area contributed by atoms with E-state index in [4.69, 9.17) is 0 Å². The number of benzene rings is 1. The van der Waals surface area contributed by atoms with Crippen molar-refractivity contribution in [2.75, 3.05) is 17.2 Å². The third-order valence-electron chi connectivity index (χ3n) is 3.66. The summed E-state index contributed by atoms with van der Waals surface area (Å²) >= 11 is 6.45. The second-order valence-electron chi connectivity index (χ2n) is 5.25. The molecule has 0 bridgehead atoms. The Morgan fingerprint density at radius 2 is 2.04 bits per heavy atom. The number of anilines is 1. The van der Waals surface area contributed by atoms with Crippen molar-refractivity contribution in [1.29, 1.82) is 0 Å². The maximum atomic E-state index is 12.6. The van der Waals surface area contributed by atoms with Crippen LogP contribution in [0.1, 0.15) is 6.92 Å². The number of thiophene rings is 1. The molecule has 0 N–H and O–H groups in total. The Morgan fingerprint density at radius 3 is 2.68 bits per heavy atom. The van der Waals surface area contributed by atoms with Crippen LogP contribution in [-0.2, 0) is 11.8 Å². The van der Waals surface area contributed by atoms with Crippen molar-refractivity contribution in [3.05, 3.63) is 46.3 Å². The number of carbonyl (C=O) groups is 1. The first-order valence-electron chi connectivity index (χ1n) is 7.72. The third kappa shape index (κ3) is 4.13. The van der Waals surface area contributed by atoms with Gasteiger partial charge in [-0.3, -0.25) is 4.79 Å². The summed E-state index contributed by atoms with van der Waals surface area (Å²) in [6, 6.07) is 11.8. The zero-order valence-electron chi connectivity index (χ0n) is 13.8. The van der Waals surface area contributed by atoms with E-state index in [1.165, 1.54) is 11.8 Å². The van der Waals surface area contributed by atoms with Gasteiger partial charge in [0.25, 0.3) is 0 Å². The number of carbonyl (C=O) groups excluding carboxylic acids is 1. The van der Waals surface area contributed by atoms with Crippen molar-refractivity contribution in [1.82, 2.24) is 14.8 Å². The number of hydrogen-bond donors (Lipinski definition) is 0. The number of aromatic nitrogens is 3. The van der Waals surface area contributed by atoms with E-state index in [0.29, 0.717) is 12.3 Å². The van der Waals surface area contributed by atoms with Gasteiger partial charge in [-0.1, -0.05) is 33.8 Å². The molecule has 0 saturated heterocycles. The molecule has 0 saturated carbocycles. The minimum absolute atomic E-state index is 0.0514. The molecule has 0 radical (unpaired) electrons. The first-order chi connectivity index (χ1) is 12.1. The molecule has 0 aliphatic heterocycles. The quantitative estimate of drug-likeness (QED) is 0.535. The Hall–Kier alpha value is -1.64. The molecule has 0 atom stereocenters. The standard InChI is InChI=1S/C17H17BrN4OS2/c1-3-22(13-8-6-12(18)7-9-13)15(23)11-25-17-20-19-16(21(17)2)14-5-4-10-24-14/h4-10H,3,11H2,1-2H3. The molecule has 3 aromatic rings. The lowest BCUT2D eigenvalue weighted by Crippen LogP contribution is -2.32. The molecule has 3 rings (SSSR count). The first-order valence-corrected chi connectivity index (χ1v) is 10.4. The van der Waals surface area contributed by atoms with Gasteiger partial charge in [-0.25, -0.2) is 0 Å². The molecule has 0 spiro atoms. The van der Waals surface area contributed by atoms with E-state index in [1.54, 1.807) is 16.2 Å². The highest BCUT2D eigenvalue weighted by Gasteiger charge is 2.17. The maximum absolute atomic E-state index is 12.6. The van der Waals surface area contributed by atoms with Crippen LogP contribution < -0.4 is 4.90 Å². The Labute approximate surface area is 163 Å². The van der Waals surface area contributed by atoms with E-state index >= 15 is 0 Å². The normalized spacial score (nSPS) is 10.8. The predicted octanol–water partition coefficient (Wildman–Crippen LogP) is 4.45. The molecule has 0 unspecified atom stereocenters. The average Bonchev–Trinajstić information content (AvgIpc) is 3.25. The van der Waals surface area contributed by atoms with Crippen LogP contribution in [0.3, 0.4) is 0 Å². The average molecular weight is 437 g/mol. The van der Waals surface area contributed by atoms with E-state index in [9.17, 15) is 4.79 Å². The second-order valence-corrected chi connectivity index (χ2v) is 8.05. The number of halogens is 1. The van der Waals surface area contributed by atoms with Gasteiger partial charge >= 0.3 is 0 Å². The fourth-order valence-electron chi connectivity index (χ4n) is 2.39. The van der Waals surface area contributed by atoms with Gasteiger partial charge in [0.2, 0.25) is 5.91 Å². The zero-order chi connectivity index (χ0) is 17.8. The molecule has 25 heavy (non-hydrogen) atoms. The summed E-state index contributed by atoms with van der Waals surface area (Å²) in [5.41, 5.74) is 0.897. The van der Waals surface area contributed by atoms with E-state index in [1.807, 2.05) is 60.3 Å². The van der Waals surface area contributed by atoms with Gasteiger partial charge in [-0.15, -0.1) is 21.5 Å². The highest BCUT2D eigenvalue weighted by molar-refractivity contribution is 9.10. The van der Waals surface area contributed by atoms with Crippen LogP contribution in [0.5, 0.6) is 0 Å². The van der Waals surface area contributed by atoms with Crippen LogP contribution >= 0.6 is 39.0 Å². The Balaban J connectivity index is 1.68. The summed E-state index contributed by atoms with van der Waals surface area (Å²) in [7, 11) is 1.92. The minimum Gasteiger partial charge on any atom is -0.312 e. The molecule has 0 aliphatic rings. The van der Waals surface area contributed by atoms with Gasteiger partial charge in [0.05, 0.1) is 10.6 Å². The van der Waals surface area contributed by atoms with Crippen molar-refractivity contribution < 1.29 is 4.79 Å². The Kier molecular flexibility index (Phi) is 5.93. The monoisotopic (exact) mass is 436 g/mol. The van der Waals surface area contributed by atoms with Crippen LogP contribution in [0.25, 0.3) is 10.7 Å². The van der Waals surface area contributed by atoms with E-state index in [-0.39, 0.29) is 5.91 Å². The second kappa shape index (κ2) is 8.16. The van der Waals surface area contributed by atoms with Crippen LogP contribution in [0.2, 0.25) is 0 Å². The molecule has 5 nitrogen and oxygen atoms in total. The number of amides is 1. The maximum Gasteiger partial charge on any atom is 0.237 e. The summed E-state index contributed by atoms with van der Waals surface area (Å²) < 4.78 is 2.92. The fourth-order valence-corrected chi connectivity index (χ4v) is 4.18. The van der Waals surface area contributed by atoms with Gasteiger partial charge in [-0.05, 0) is 42.6 Å². The van der Waals surface area contributed by atoms with Crippen molar-refractivity contribution in [3.63, 3.8) is 0 Å². The van der Waals surface area contributed by atoms with Crippen LogP contribution in [0.4, 0.5) is 5.69 Å². The lowest BCUT2D eigenvalue weighted by atomic mass is 10.3. The summed E-state index contributed by atoms with van der Waals surface area (Å²) in [5, 5.41) is 11.2. The van der Waals surface area contributed by atoms with Crippen molar-refractivity contribution >= 4 is 50.6 Å². The van der Waals surface area contributed by atoms with Crippen molar-refractivity contribution in [2.24, 2.45) is 7.05 Å². The smallest absolute Gasteiger partial charge is 0.237 e. The van der Waals surface area contributed by atoms with Gasteiger partial charge in [0, 0.05) is 23.8 Å². The summed E-state index contributed by atoms with van der Waals surface area (Å²) in [4.78, 5) is 15.5. The van der Waals surface area contributed by atoms with Crippen molar-refractivity contribution in [3.8, 4) is 10.7 Å². The molecule has 2 heterocycles. The van der Waals surface area contributed by atoms with Crippen LogP contribution in [0.15, 0.2) is 51.4 Å². The fraction of sp³-hybridized carbons (Fsp3) is 0.235. The van der Waals surface area contributed by atoms with Gasteiger partial charge in [-0.2, -0.15) is 0 Å². The van der Waals surface area contributed by atoms with E-state index < -0.39 is 0 Å². The number of nitrogens with zero attached hydrogens (tertiary/aromatic N) is 4. The molecular weight excluding hydrogens is 420 g/mol. The zero-order valence-corrected chi connectivity index (χ0v) is 17.1. The molecular formula is C17H17BrN4OS2. The van der Waals surface area contributed by atoms with Gasteiger partial charge in [0.1, 0.15) is 0 Å². The third-order valence-corrected chi connectivity index (χ3v) is 6.06.